The molecular weight excluding hydrogens is 1020 g/mol. The monoisotopic (exact) mass is 1100 g/mol. The smallest absolute Gasteiger partial charge is 0.410 e. The molecule has 3 saturated heterocycles. The molecule has 4 aromatic rings. The highest BCUT2D eigenvalue weighted by atomic mass is 35.5. The predicted octanol–water partition coefficient (Wildman–Crippen LogP) is 9.50. The average molecular weight is 1100 g/mol. The number of hydrogen-bond donors (Lipinski definition) is 3. The second-order valence-electron chi connectivity index (χ2n) is 22.1. The summed E-state index contributed by atoms with van der Waals surface area (Å²) in [6, 6.07) is 28.5. The van der Waals surface area contributed by atoms with Crippen LogP contribution in [0.15, 0.2) is 112 Å². The fraction of sp³-hybridized carbons (Fsp3) is 0.509. The number of likely N-dealkylation sites (tertiary alicyclic amines) is 1. The summed E-state index contributed by atoms with van der Waals surface area (Å²) in [6.45, 7) is 17.7. The number of amides is 2. The van der Waals surface area contributed by atoms with Gasteiger partial charge in [-0.3, -0.25) is 29.6 Å². The number of carbonyl (C=O) groups excluding carboxylic acids is 2. The summed E-state index contributed by atoms with van der Waals surface area (Å²) >= 11 is 7.96. The van der Waals surface area contributed by atoms with E-state index in [9.17, 15) is 33.2 Å². The van der Waals surface area contributed by atoms with Gasteiger partial charge in [-0.2, -0.15) is 0 Å². The van der Waals surface area contributed by atoms with Gasteiger partial charge in [0.2, 0.25) is 0 Å². The standard InChI is InChI=1S/C57H75ClN8O8S2/c1-56(2,3)74-55(69)65-34-30-62(31-35-65)41-57(4)25-23-51(42-13-17-45(58)18-14-42)44(37-57)38-61-28-32-64(33-29-61)47-19-15-43(16-20-47)54(68)60-76(72,73)50-21-22-52(53(36-50)66(70)71)59-46(40-75-49-11-6-5-7-12-49)24-27-63-26-9-8-10-48(63)39-67/h5-7,11-22,36,46,48,59,67H,8-10,23-35,37-41H2,1-4H3,(H,60,68)/t46-,48?,57?/m1/s1. The van der Waals surface area contributed by atoms with Crippen molar-refractivity contribution in [1.29, 1.82) is 0 Å². The van der Waals surface area contributed by atoms with Crippen LogP contribution in [-0.2, 0) is 14.8 Å². The van der Waals surface area contributed by atoms with Gasteiger partial charge in [0.15, 0.2) is 0 Å². The van der Waals surface area contributed by atoms with E-state index >= 15 is 0 Å². The highest BCUT2D eigenvalue weighted by molar-refractivity contribution is 7.99. The van der Waals surface area contributed by atoms with E-state index in [-0.39, 0.29) is 41.4 Å². The Morgan fingerprint density at radius 3 is 2.28 bits per heavy atom. The zero-order valence-corrected chi connectivity index (χ0v) is 46.8. The van der Waals surface area contributed by atoms with Crippen molar-refractivity contribution in [1.82, 2.24) is 24.3 Å². The van der Waals surface area contributed by atoms with Crippen LogP contribution in [0.2, 0.25) is 5.02 Å². The number of rotatable bonds is 19. The molecule has 0 bridgehead atoms. The number of halogens is 1. The Balaban J connectivity index is 0.868. The minimum Gasteiger partial charge on any atom is -0.444 e. The van der Waals surface area contributed by atoms with Crippen molar-refractivity contribution in [3.05, 3.63) is 129 Å². The number of allylic oxidation sites excluding steroid dienone is 1. The number of thioether (sulfide) groups is 1. The van der Waals surface area contributed by atoms with Gasteiger partial charge in [-0.05, 0) is 143 Å². The maximum Gasteiger partial charge on any atom is 0.410 e. The molecule has 0 radical (unpaired) electrons. The van der Waals surface area contributed by atoms with Crippen molar-refractivity contribution in [3.63, 3.8) is 0 Å². The van der Waals surface area contributed by atoms with E-state index in [1.807, 2.05) is 80.3 Å². The number of nitro groups is 1. The number of carbonyl (C=O) groups is 2. The van der Waals surface area contributed by atoms with E-state index in [4.69, 9.17) is 16.3 Å². The highest BCUT2D eigenvalue weighted by Gasteiger charge is 2.36. The van der Waals surface area contributed by atoms with E-state index in [1.165, 1.54) is 28.8 Å². The van der Waals surface area contributed by atoms with E-state index < -0.39 is 37.0 Å². The number of hydrogen-bond acceptors (Lipinski definition) is 14. The molecular formula is C57H75ClN8O8S2. The number of anilines is 2. The first-order valence-corrected chi connectivity index (χ1v) is 29.6. The first kappa shape index (κ1) is 57.0. The molecule has 3 heterocycles. The largest absolute Gasteiger partial charge is 0.444 e. The Morgan fingerprint density at radius 1 is 0.908 bits per heavy atom. The Hall–Kier alpha value is -5.21. The number of nitro benzene ring substituents is 1. The van der Waals surface area contributed by atoms with E-state index in [1.54, 1.807) is 23.9 Å². The number of aliphatic hydroxyl groups excluding tert-OH is 1. The molecule has 0 saturated carbocycles. The van der Waals surface area contributed by atoms with Gasteiger partial charge in [-0.1, -0.05) is 60.9 Å². The molecule has 4 aliphatic rings. The molecule has 3 N–H and O–H groups in total. The summed E-state index contributed by atoms with van der Waals surface area (Å²) in [6.07, 6.45) is 6.44. The topological polar surface area (TPSA) is 181 Å². The molecule has 3 atom stereocenters. The van der Waals surface area contributed by atoms with E-state index in [0.29, 0.717) is 36.8 Å². The lowest BCUT2D eigenvalue weighted by atomic mass is 9.71. The van der Waals surface area contributed by atoms with Gasteiger partial charge >= 0.3 is 6.09 Å². The van der Waals surface area contributed by atoms with Crippen LogP contribution in [0.1, 0.15) is 88.6 Å². The number of sulfonamides is 1. The third-order valence-electron chi connectivity index (χ3n) is 15.1. The highest BCUT2D eigenvalue weighted by Crippen LogP contribution is 2.44. The Bertz CT molecular complexity index is 2770. The number of piperidine rings is 1. The van der Waals surface area contributed by atoms with Crippen molar-refractivity contribution in [2.75, 3.05) is 101 Å². The van der Waals surface area contributed by atoms with Gasteiger partial charge in [0.1, 0.15) is 11.3 Å². The third-order valence-corrected chi connectivity index (χ3v) is 17.9. The number of benzene rings is 4. The first-order chi connectivity index (χ1) is 36.3. The molecule has 8 rings (SSSR count). The molecule has 2 amide bonds. The number of nitrogens with zero attached hydrogens (tertiary/aromatic N) is 6. The molecule has 2 unspecified atom stereocenters. The van der Waals surface area contributed by atoms with Crippen LogP contribution in [-0.4, -0.2) is 159 Å². The Labute approximate surface area is 458 Å². The van der Waals surface area contributed by atoms with E-state index in [0.717, 1.165) is 114 Å². The second-order valence-corrected chi connectivity index (χ2v) is 25.3. The molecule has 19 heteroatoms. The van der Waals surface area contributed by atoms with Crippen molar-refractivity contribution in [2.24, 2.45) is 5.41 Å². The van der Waals surface area contributed by atoms with Gasteiger partial charge < -0.3 is 25.0 Å². The molecule has 3 aliphatic heterocycles. The predicted molar refractivity (Wildman–Crippen MR) is 303 cm³/mol. The third kappa shape index (κ3) is 15.5. The van der Waals surface area contributed by atoms with Crippen LogP contribution in [0, 0.1) is 15.5 Å². The maximum absolute atomic E-state index is 13.7. The number of ether oxygens (including phenoxy) is 1. The molecule has 1 aliphatic carbocycles. The van der Waals surface area contributed by atoms with Gasteiger partial charge in [-0.15, -0.1) is 11.8 Å². The van der Waals surface area contributed by atoms with Crippen LogP contribution < -0.4 is 14.9 Å². The maximum atomic E-state index is 13.7. The molecule has 4 aromatic carbocycles. The molecule has 16 nitrogen and oxygen atoms in total. The van der Waals surface area contributed by atoms with Crippen LogP contribution in [0.4, 0.5) is 21.9 Å². The van der Waals surface area contributed by atoms with Gasteiger partial charge in [0.05, 0.1) is 16.4 Å². The molecule has 3 fully saturated rings. The lowest BCUT2D eigenvalue weighted by molar-refractivity contribution is -0.384. The van der Waals surface area contributed by atoms with Crippen molar-refractivity contribution in [2.45, 2.75) is 100 Å². The first-order valence-electron chi connectivity index (χ1n) is 26.7. The van der Waals surface area contributed by atoms with Crippen LogP contribution >= 0.6 is 23.4 Å². The fourth-order valence-electron chi connectivity index (χ4n) is 11.0. The minimum absolute atomic E-state index is 0.0697. The summed E-state index contributed by atoms with van der Waals surface area (Å²) < 4.78 is 35.1. The molecule has 0 spiro atoms. The Kier molecular flexibility index (Phi) is 19.1. The zero-order valence-electron chi connectivity index (χ0n) is 44.4. The van der Waals surface area contributed by atoms with Crippen LogP contribution in [0.5, 0.6) is 0 Å². The molecule has 0 aromatic heterocycles. The summed E-state index contributed by atoms with van der Waals surface area (Å²) in [7, 11) is -4.50. The summed E-state index contributed by atoms with van der Waals surface area (Å²) in [5.74, 6) is -0.249. The normalized spacial score (nSPS) is 20.8. The SMILES string of the molecule is CC1(CN2CCN(C(=O)OC(C)(C)C)CC2)CCC(c2ccc(Cl)cc2)=C(CN2CCN(c3ccc(C(=O)NS(=O)(=O)c4ccc(N[C@H](CCN5CCCCC5CO)CSc5ccccc5)c([N+](=O)[O-])c4)cc3)CC2)C1. The van der Waals surface area contributed by atoms with Crippen molar-refractivity contribution < 1.29 is 32.8 Å². The quantitative estimate of drug-likeness (QED) is 0.0459. The lowest BCUT2D eigenvalue weighted by Crippen LogP contribution is -2.52. The lowest BCUT2D eigenvalue weighted by Gasteiger charge is -2.44. The fourth-order valence-corrected chi connectivity index (χ4v) is 13.1. The summed E-state index contributed by atoms with van der Waals surface area (Å²) in [5.41, 5.74) is 4.42. The van der Waals surface area contributed by atoms with Crippen molar-refractivity contribution in [3.8, 4) is 0 Å². The van der Waals surface area contributed by atoms with Crippen LogP contribution in [0.25, 0.3) is 5.57 Å². The summed E-state index contributed by atoms with van der Waals surface area (Å²) in [4.78, 5) is 50.2. The van der Waals surface area contributed by atoms with Gasteiger partial charge in [-0.25, -0.2) is 17.9 Å². The minimum atomic E-state index is -4.50. The summed E-state index contributed by atoms with van der Waals surface area (Å²) in [5, 5.41) is 26.6. The van der Waals surface area contributed by atoms with Crippen molar-refractivity contribution >= 4 is 68.0 Å². The molecule has 410 valence electrons. The van der Waals surface area contributed by atoms with Crippen LogP contribution in [0.3, 0.4) is 0 Å². The Morgan fingerprint density at radius 2 is 1.61 bits per heavy atom. The zero-order chi connectivity index (χ0) is 54.0. The number of nitrogens with one attached hydrogen (secondary N) is 2. The molecule has 76 heavy (non-hydrogen) atoms. The van der Waals surface area contributed by atoms with E-state index in [2.05, 4.69) is 48.7 Å². The average Bonchev–Trinajstić information content (AvgIpc) is 3.41. The van der Waals surface area contributed by atoms with Gasteiger partial charge in [0.25, 0.3) is 21.6 Å². The number of aliphatic hydroxyl groups is 1. The van der Waals surface area contributed by atoms with Gasteiger partial charge in [0, 0.05) is 117 Å². The second kappa shape index (κ2) is 25.5. The number of piperazine rings is 2.